The number of rotatable bonds is 17. The SMILES string of the molecule is CC(CC(CC(C)(C)C(=O)NCCN)C(=O)NCCCCCNC(=O)CN=[N+]=[N-])C(N)=O. The summed E-state index contributed by atoms with van der Waals surface area (Å²) in [7, 11) is 0. The minimum Gasteiger partial charge on any atom is -0.369 e. The van der Waals surface area contributed by atoms with Crippen molar-refractivity contribution >= 4 is 23.6 Å². The minimum atomic E-state index is -0.817. The van der Waals surface area contributed by atoms with E-state index in [1.165, 1.54) is 0 Å². The lowest BCUT2D eigenvalue weighted by atomic mass is 9.78. The lowest BCUT2D eigenvalue weighted by Gasteiger charge is -2.29. The Morgan fingerprint density at radius 2 is 1.66 bits per heavy atom. The van der Waals surface area contributed by atoms with E-state index in [2.05, 4.69) is 26.0 Å². The predicted molar refractivity (Wildman–Crippen MR) is 121 cm³/mol. The van der Waals surface area contributed by atoms with Crippen LogP contribution >= 0.6 is 0 Å². The van der Waals surface area contributed by atoms with E-state index in [9.17, 15) is 19.2 Å². The maximum atomic E-state index is 12.8. The van der Waals surface area contributed by atoms with Gasteiger partial charge in [0.1, 0.15) is 6.54 Å². The number of unbranched alkanes of at least 4 members (excludes halogenated alkanes) is 2. The van der Waals surface area contributed by atoms with Gasteiger partial charge in [0.25, 0.3) is 0 Å². The second-order valence-electron chi connectivity index (χ2n) is 8.46. The predicted octanol–water partition coefficient (Wildman–Crippen LogP) is 0.318. The van der Waals surface area contributed by atoms with E-state index in [1.54, 1.807) is 20.8 Å². The molecule has 7 N–H and O–H groups in total. The fourth-order valence-electron chi connectivity index (χ4n) is 3.12. The fourth-order valence-corrected chi connectivity index (χ4v) is 3.12. The van der Waals surface area contributed by atoms with Crippen LogP contribution in [0.1, 0.15) is 52.9 Å². The number of carbonyl (C=O) groups is 4. The lowest BCUT2D eigenvalue weighted by molar-refractivity contribution is -0.133. The van der Waals surface area contributed by atoms with Crippen LogP contribution in [-0.2, 0) is 19.2 Å². The van der Waals surface area contributed by atoms with Crippen LogP contribution in [0, 0.1) is 17.3 Å². The first-order chi connectivity index (χ1) is 15.0. The first kappa shape index (κ1) is 29.1. The molecule has 0 aromatic carbocycles. The molecule has 0 aromatic rings. The van der Waals surface area contributed by atoms with Gasteiger partial charge in [0, 0.05) is 48.3 Å². The number of nitrogens with zero attached hydrogens (tertiary/aromatic N) is 3. The van der Waals surface area contributed by atoms with Crippen molar-refractivity contribution < 1.29 is 19.2 Å². The molecule has 182 valence electrons. The van der Waals surface area contributed by atoms with Gasteiger partial charge in [-0.3, -0.25) is 19.2 Å². The van der Waals surface area contributed by atoms with Gasteiger partial charge in [-0.1, -0.05) is 25.9 Å². The van der Waals surface area contributed by atoms with Gasteiger partial charge in [-0.25, -0.2) is 0 Å². The van der Waals surface area contributed by atoms with Crippen LogP contribution in [0.25, 0.3) is 10.4 Å². The van der Waals surface area contributed by atoms with Gasteiger partial charge in [0.05, 0.1) is 0 Å². The number of nitrogens with one attached hydrogen (secondary N) is 3. The van der Waals surface area contributed by atoms with Crippen molar-refractivity contribution in [3.8, 4) is 0 Å². The van der Waals surface area contributed by atoms with Crippen molar-refractivity contribution in [1.82, 2.24) is 16.0 Å². The van der Waals surface area contributed by atoms with E-state index in [0.717, 1.165) is 6.42 Å². The van der Waals surface area contributed by atoms with Crippen molar-refractivity contribution in [2.24, 2.45) is 33.8 Å². The van der Waals surface area contributed by atoms with E-state index in [-0.39, 0.29) is 37.1 Å². The van der Waals surface area contributed by atoms with E-state index >= 15 is 0 Å². The Labute approximate surface area is 189 Å². The zero-order valence-corrected chi connectivity index (χ0v) is 19.4. The molecule has 0 aromatic heterocycles. The average Bonchev–Trinajstić information content (AvgIpc) is 2.74. The van der Waals surface area contributed by atoms with E-state index in [4.69, 9.17) is 17.0 Å². The summed E-state index contributed by atoms with van der Waals surface area (Å²) in [5.41, 5.74) is 18.2. The van der Waals surface area contributed by atoms with Crippen LogP contribution < -0.4 is 27.4 Å². The van der Waals surface area contributed by atoms with Crippen LogP contribution in [0.15, 0.2) is 5.11 Å². The molecule has 0 aliphatic carbocycles. The van der Waals surface area contributed by atoms with Crippen molar-refractivity contribution in [3.63, 3.8) is 0 Å². The van der Waals surface area contributed by atoms with E-state index in [1.807, 2.05) is 0 Å². The summed E-state index contributed by atoms with van der Waals surface area (Å²) in [5, 5.41) is 11.4. The van der Waals surface area contributed by atoms with Gasteiger partial charge in [0.15, 0.2) is 0 Å². The van der Waals surface area contributed by atoms with Gasteiger partial charge in [0.2, 0.25) is 23.6 Å². The summed E-state index contributed by atoms with van der Waals surface area (Å²) < 4.78 is 0. The molecule has 0 fully saturated rings. The maximum absolute atomic E-state index is 12.8. The molecule has 0 rings (SSSR count). The first-order valence-electron chi connectivity index (χ1n) is 10.9. The largest absolute Gasteiger partial charge is 0.369 e. The summed E-state index contributed by atoms with van der Waals surface area (Å²) in [6.07, 6.45) is 2.72. The highest BCUT2D eigenvalue weighted by atomic mass is 16.2. The quantitative estimate of drug-likeness (QED) is 0.0908. The van der Waals surface area contributed by atoms with Crippen molar-refractivity contribution in [2.45, 2.75) is 52.9 Å². The molecule has 2 unspecified atom stereocenters. The Balaban J connectivity index is 4.61. The summed E-state index contributed by atoms with van der Waals surface area (Å²) in [5.74, 6) is -2.29. The van der Waals surface area contributed by atoms with Gasteiger partial charge in [-0.15, -0.1) is 0 Å². The number of primary amides is 1. The summed E-state index contributed by atoms with van der Waals surface area (Å²) in [6, 6.07) is 0. The summed E-state index contributed by atoms with van der Waals surface area (Å²) in [6.45, 7) is 6.52. The normalized spacial score (nSPS) is 12.8. The topological polar surface area (TPSA) is 205 Å². The molecule has 4 amide bonds. The molecular formula is C20H38N8O4. The Bertz CT molecular complexity index is 677. The Hall–Kier alpha value is -2.85. The summed E-state index contributed by atoms with van der Waals surface area (Å²) in [4.78, 5) is 50.5. The molecule has 2 atom stereocenters. The van der Waals surface area contributed by atoms with Crippen LogP contribution in [0.4, 0.5) is 0 Å². The van der Waals surface area contributed by atoms with Gasteiger partial charge in [-0.2, -0.15) is 0 Å². The molecule has 0 heterocycles. The first-order valence-corrected chi connectivity index (χ1v) is 10.9. The fraction of sp³-hybridized carbons (Fsp3) is 0.800. The number of amides is 4. The van der Waals surface area contributed by atoms with E-state index in [0.29, 0.717) is 39.0 Å². The summed E-state index contributed by atoms with van der Waals surface area (Å²) >= 11 is 0. The highest BCUT2D eigenvalue weighted by Crippen LogP contribution is 2.29. The van der Waals surface area contributed by atoms with Crippen molar-refractivity contribution in [1.29, 1.82) is 0 Å². The second-order valence-corrected chi connectivity index (χ2v) is 8.46. The number of azide groups is 1. The standard InChI is InChI=1S/C20H38N8O4/c1-14(17(22)30)11-15(12-20(2,3)19(32)26-10-7-21)18(31)25-9-6-4-5-8-24-16(29)13-27-28-23/h14-15H,4-13,21H2,1-3H3,(H2,22,30)(H,24,29)(H,25,31)(H,26,32). The zero-order chi connectivity index (χ0) is 24.6. The van der Waals surface area contributed by atoms with E-state index < -0.39 is 23.2 Å². The molecule has 0 saturated heterocycles. The highest BCUT2D eigenvalue weighted by molar-refractivity contribution is 5.84. The smallest absolute Gasteiger partial charge is 0.225 e. The molecule has 12 nitrogen and oxygen atoms in total. The minimum absolute atomic E-state index is 0.199. The van der Waals surface area contributed by atoms with Gasteiger partial charge < -0.3 is 27.4 Å². The molecule has 0 aliphatic heterocycles. The van der Waals surface area contributed by atoms with Crippen LogP contribution in [-0.4, -0.2) is 56.4 Å². The third-order valence-corrected chi connectivity index (χ3v) is 5.05. The Morgan fingerprint density at radius 3 is 2.22 bits per heavy atom. The Morgan fingerprint density at radius 1 is 1.03 bits per heavy atom. The van der Waals surface area contributed by atoms with Crippen LogP contribution in [0.2, 0.25) is 0 Å². The van der Waals surface area contributed by atoms with Crippen LogP contribution in [0.3, 0.4) is 0 Å². The van der Waals surface area contributed by atoms with Crippen LogP contribution in [0.5, 0.6) is 0 Å². The molecule has 0 bridgehead atoms. The third-order valence-electron chi connectivity index (χ3n) is 5.05. The number of nitrogens with two attached hydrogens (primary N) is 2. The monoisotopic (exact) mass is 454 g/mol. The molecular weight excluding hydrogens is 416 g/mol. The lowest BCUT2D eigenvalue weighted by Crippen LogP contribution is -2.43. The maximum Gasteiger partial charge on any atom is 0.225 e. The van der Waals surface area contributed by atoms with Gasteiger partial charge in [-0.05, 0) is 37.6 Å². The third kappa shape index (κ3) is 12.8. The Kier molecular flexibility index (Phi) is 14.5. The van der Waals surface area contributed by atoms with Crippen molar-refractivity contribution in [2.75, 3.05) is 32.7 Å². The highest BCUT2D eigenvalue weighted by Gasteiger charge is 2.34. The molecule has 0 aliphatic rings. The molecule has 32 heavy (non-hydrogen) atoms. The zero-order valence-electron chi connectivity index (χ0n) is 19.4. The van der Waals surface area contributed by atoms with Crippen molar-refractivity contribution in [3.05, 3.63) is 10.4 Å². The molecule has 0 saturated carbocycles. The molecule has 0 radical (unpaired) electrons. The van der Waals surface area contributed by atoms with Gasteiger partial charge >= 0.3 is 0 Å². The number of hydrogen-bond donors (Lipinski definition) is 5. The average molecular weight is 455 g/mol. The second kappa shape index (κ2) is 15.9. The number of hydrogen-bond acceptors (Lipinski definition) is 6. The molecule has 0 spiro atoms. The molecule has 12 heteroatoms. The number of carbonyl (C=O) groups excluding carboxylic acids is 4.